The first kappa shape index (κ1) is 18.9. The van der Waals surface area contributed by atoms with Crippen molar-refractivity contribution >= 4 is 23.2 Å². The fourth-order valence-corrected chi connectivity index (χ4v) is 4.65. The maximum atomic E-state index is 13.7. The smallest absolute Gasteiger partial charge is 0.332 e. The highest BCUT2D eigenvalue weighted by molar-refractivity contribution is 6.13. The standard InChI is InChI=1S/C20H18N6O5/c1-23-13-11(15(27)25(3)18(23)30)20(9-7-5-6-8-10(9)21-13)12-14(22-17(20)29)24(2)19(31)26(4)16(12)28/h5-8,21H,1-4H3,(H,22,29). The number of benzene rings is 1. The Labute approximate surface area is 173 Å². The molecule has 1 amide bonds. The number of rotatable bonds is 0. The molecule has 1 aromatic carbocycles. The molecular formula is C20H18N6O5. The fraction of sp³-hybridized carbons (Fsp3) is 0.250. The maximum absolute atomic E-state index is 13.7. The van der Waals surface area contributed by atoms with Crippen LogP contribution < -0.4 is 33.1 Å². The number of hydrogen-bond acceptors (Lipinski definition) is 6. The Morgan fingerprint density at radius 3 is 1.71 bits per heavy atom. The predicted molar refractivity (Wildman–Crippen MR) is 112 cm³/mol. The predicted octanol–water partition coefficient (Wildman–Crippen LogP) is -1.18. The number of nitrogens with zero attached hydrogens (tertiary/aromatic N) is 4. The quantitative estimate of drug-likeness (QED) is 0.470. The Hall–Kier alpha value is -4.15. The molecule has 0 radical (unpaired) electrons. The van der Waals surface area contributed by atoms with Crippen LogP contribution in [0.5, 0.6) is 0 Å². The summed E-state index contributed by atoms with van der Waals surface area (Å²) < 4.78 is 4.19. The molecule has 2 aromatic heterocycles. The number of fused-ring (bicyclic) bond motifs is 6. The van der Waals surface area contributed by atoms with E-state index in [4.69, 9.17) is 0 Å². The minimum absolute atomic E-state index is 0.0247. The highest BCUT2D eigenvalue weighted by Crippen LogP contribution is 2.51. The first-order valence-corrected chi connectivity index (χ1v) is 9.43. The van der Waals surface area contributed by atoms with Crippen molar-refractivity contribution in [2.45, 2.75) is 5.41 Å². The van der Waals surface area contributed by atoms with Gasteiger partial charge in [-0.05, 0) is 6.07 Å². The molecule has 11 heteroatoms. The van der Waals surface area contributed by atoms with Crippen molar-refractivity contribution in [3.05, 3.63) is 82.6 Å². The number of para-hydroxylation sites is 1. The normalized spacial score (nSPS) is 18.3. The minimum atomic E-state index is -1.84. The van der Waals surface area contributed by atoms with Crippen LogP contribution in [0, 0.1) is 0 Å². The molecule has 0 bridgehead atoms. The lowest BCUT2D eigenvalue weighted by atomic mass is 9.69. The zero-order chi connectivity index (χ0) is 22.4. The van der Waals surface area contributed by atoms with Gasteiger partial charge in [-0.1, -0.05) is 18.2 Å². The first-order chi connectivity index (χ1) is 14.6. The number of anilines is 3. The van der Waals surface area contributed by atoms with Gasteiger partial charge in [0.1, 0.15) is 17.1 Å². The monoisotopic (exact) mass is 422 g/mol. The van der Waals surface area contributed by atoms with Gasteiger partial charge in [0, 0.05) is 39.4 Å². The zero-order valence-corrected chi connectivity index (χ0v) is 17.1. The van der Waals surface area contributed by atoms with Gasteiger partial charge >= 0.3 is 11.4 Å². The summed E-state index contributed by atoms with van der Waals surface area (Å²) in [7, 11) is 5.54. The summed E-state index contributed by atoms with van der Waals surface area (Å²) >= 11 is 0. The van der Waals surface area contributed by atoms with Crippen LogP contribution in [0.1, 0.15) is 16.7 Å². The molecule has 11 nitrogen and oxygen atoms in total. The maximum Gasteiger partial charge on any atom is 0.332 e. The lowest BCUT2D eigenvalue weighted by Gasteiger charge is -2.36. The summed E-state index contributed by atoms with van der Waals surface area (Å²) in [5, 5.41) is 5.72. The Kier molecular flexibility index (Phi) is 3.48. The van der Waals surface area contributed by atoms with E-state index in [9.17, 15) is 24.0 Å². The number of nitrogens with one attached hydrogen (secondary N) is 2. The highest BCUT2D eigenvalue weighted by Gasteiger charge is 2.59. The number of hydrogen-bond donors (Lipinski definition) is 2. The number of carbonyl (C=O) groups is 1. The van der Waals surface area contributed by atoms with Crippen LogP contribution in [0.15, 0.2) is 43.4 Å². The minimum Gasteiger partial charge on any atom is -0.341 e. The highest BCUT2D eigenvalue weighted by atomic mass is 16.2. The molecule has 0 saturated heterocycles. The van der Waals surface area contributed by atoms with Gasteiger partial charge in [-0.3, -0.25) is 32.7 Å². The van der Waals surface area contributed by atoms with E-state index >= 15 is 0 Å². The van der Waals surface area contributed by atoms with Crippen LogP contribution in [-0.2, 0) is 38.4 Å². The second-order valence-corrected chi connectivity index (χ2v) is 7.73. The third kappa shape index (κ3) is 1.95. The molecule has 0 aliphatic carbocycles. The number of aromatic nitrogens is 4. The van der Waals surface area contributed by atoms with Gasteiger partial charge in [-0.2, -0.15) is 0 Å². The van der Waals surface area contributed by atoms with Crippen LogP contribution in [0.3, 0.4) is 0 Å². The summed E-state index contributed by atoms with van der Waals surface area (Å²) in [5.74, 6) is -0.505. The Morgan fingerprint density at radius 1 is 0.677 bits per heavy atom. The van der Waals surface area contributed by atoms with E-state index in [1.165, 1.54) is 37.3 Å². The van der Waals surface area contributed by atoms with Crippen LogP contribution in [0.2, 0.25) is 0 Å². The average molecular weight is 422 g/mol. The van der Waals surface area contributed by atoms with Gasteiger partial charge in [-0.15, -0.1) is 0 Å². The van der Waals surface area contributed by atoms with Gasteiger partial charge in [0.15, 0.2) is 0 Å². The topological polar surface area (TPSA) is 129 Å². The molecule has 2 N–H and O–H groups in total. The molecule has 1 unspecified atom stereocenters. The molecule has 2 aliphatic heterocycles. The molecular weight excluding hydrogens is 404 g/mol. The molecule has 0 saturated carbocycles. The van der Waals surface area contributed by atoms with Crippen molar-refractivity contribution in [1.82, 2.24) is 18.3 Å². The second kappa shape index (κ2) is 5.72. The van der Waals surface area contributed by atoms with Gasteiger partial charge < -0.3 is 10.6 Å². The van der Waals surface area contributed by atoms with E-state index in [2.05, 4.69) is 10.6 Å². The third-order valence-electron chi connectivity index (χ3n) is 6.24. The SMILES string of the molecule is Cn1c2c(c(=O)n(C)c1=O)C1(C(=O)N2)c2ccccc2Nc2c1c(=O)n(C)c(=O)n2C. The molecule has 3 aromatic rings. The van der Waals surface area contributed by atoms with E-state index in [1.54, 1.807) is 24.3 Å². The summed E-state index contributed by atoms with van der Waals surface area (Å²) in [6.45, 7) is 0. The Balaban J connectivity index is 2.12. The van der Waals surface area contributed by atoms with E-state index in [1.807, 2.05) is 0 Å². The van der Waals surface area contributed by atoms with Gasteiger partial charge in [0.25, 0.3) is 11.1 Å². The van der Waals surface area contributed by atoms with Crippen molar-refractivity contribution in [1.29, 1.82) is 0 Å². The molecule has 158 valence electrons. The van der Waals surface area contributed by atoms with Gasteiger partial charge in [0.2, 0.25) is 5.91 Å². The van der Waals surface area contributed by atoms with E-state index in [0.717, 1.165) is 9.13 Å². The van der Waals surface area contributed by atoms with Crippen molar-refractivity contribution in [3.8, 4) is 0 Å². The van der Waals surface area contributed by atoms with Crippen LogP contribution in [-0.4, -0.2) is 24.2 Å². The number of amides is 1. The molecule has 31 heavy (non-hydrogen) atoms. The largest absolute Gasteiger partial charge is 0.341 e. The zero-order valence-electron chi connectivity index (χ0n) is 17.1. The molecule has 4 heterocycles. The molecule has 5 rings (SSSR count). The Morgan fingerprint density at radius 2 is 1.16 bits per heavy atom. The summed E-state index contributed by atoms with van der Waals surface area (Å²) in [6, 6.07) is 6.77. The van der Waals surface area contributed by atoms with Crippen molar-refractivity contribution in [2.24, 2.45) is 28.2 Å². The fourth-order valence-electron chi connectivity index (χ4n) is 4.65. The molecule has 2 aliphatic rings. The van der Waals surface area contributed by atoms with Crippen molar-refractivity contribution in [2.75, 3.05) is 10.6 Å². The first-order valence-electron chi connectivity index (χ1n) is 9.43. The Bertz CT molecular complexity index is 1590. The summed E-state index contributed by atoms with van der Waals surface area (Å²) in [6.07, 6.45) is 0. The average Bonchev–Trinajstić information content (AvgIpc) is 3.06. The van der Waals surface area contributed by atoms with Crippen molar-refractivity contribution < 1.29 is 4.79 Å². The number of carbonyl (C=O) groups excluding carboxylic acids is 1. The summed E-state index contributed by atoms with van der Waals surface area (Å²) in [5.41, 5.74) is -3.69. The van der Waals surface area contributed by atoms with E-state index < -0.39 is 33.8 Å². The lowest BCUT2D eigenvalue weighted by Crippen LogP contribution is -2.52. The van der Waals surface area contributed by atoms with E-state index in [0.29, 0.717) is 11.3 Å². The second-order valence-electron chi connectivity index (χ2n) is 7.73. The van der Waals surface area contributed by atoms with Crippen LogP contribution in [0.4, 0.5) is 17.3 Å². The molecule has 0 fully saturated rings. The van der Waals surface area contributed by atoms with Crippen molar-refractivity contribution in [3.63, 3.8) is 0 Å². The molecule has 1 atom stereocenters. The van der Waals surface area contributed by atoms with Crippen LogP contribution in [0.25, 0.3) is 0 Å². The van der Waals surface area contributed by atoms with Gasteiger partial charge in [0.05, 0.1) is 11.1 Å². The molecule has 1 spiro atoms. The lowest BCUT2D eigenvalue weighted by molar-refractivity contribution is -0.118. The van der Waals surface area contributed by atoms with Gasteiger partial charge in [-0.25, -0.2) is 9.59 Å². The van der Waals surface area contributed by atoms with Crippen LogP contribution >= 0.6 is 0 Å². The summed E-state index contributed by atoms with van der Waals surface area (Å²) in [4.78, 5) is 65.6. The van der Waals surface area contributed by atoms with E-state index in [-0.39, 0.29) is 22.8 Å². The third-order valence-corrected chi connectivity index (χ3v) is 6.24.